The van der Waals surface area contributed by atoms with Crippen molar-refractivity contribution in [2.75, 3.05) is 52.5 Å². The number of piperidine rings is 1. The number of nitrogens with zero attached hydrogens (tertiary/aromatic N) is 3. The molecular formula is C25H39IN4O. The molecule has 0 aromatic heterocycles. The Balaban J connectivity index is 0.00000272. The maximum atomic E-state index is 5.71. The normalized spacial score (nSPS) is 22.2. The lowest BCUT2D eigenvalue weighted by Gasteiger charge is -2.44. The SMILES string of the molecule is CCNC(=NCC1(N2CCCC2)CCOCC1)N1CCC(=Cc2ccccc2)CC1.I. The highest BCUT2D eigenvalue weighted by atomic mass is 127. The van der Waals surface area contributed by atoms with Gasteiger partial charge in [-0.15, -0.1) is 24.0 Å². The first-order valence-electron chi connectivity index (χ1n) is 11.9. The van der Waals surface area contributed by atoms with Gasteiger partial charge in [0.2, 0.25) is 0 Å². The van der Waals surface area contributed by atoms with E-state index in [1.807, 2.05) is 0 Å². The van der Waals surface area contributed by atoms with Gasteiger partial charge >= 0.3 is 0 Å². The van der Waals surface area contributed by atoms with Gasteiger partial charge in [0.25, 0.3) is 0 Å². The number of aliphatic imine (C=N–C) groups is 1. The van der Waals surface area contributed by atoms with Crippen LogP contribution in [-0.2, 0) is 4.74 Å². The number of guanidine groups is 1. The van der Waals surface area contributed by atoms with Gasteiger partial charge in [-0.05, 0) is 64.1 Å². The lowest BCUT2D eigenvalue weighted by atomic mass is 9.88. The fraction of sp³-hybridized carbons (Fsp3) is 0.640. The molecule has 1 N–H and O–H groups in total. The van der Waals surface area contributed by atoms with E-state index in [2.05, 4.69) is 58.4 Å². The molecule has 6 heteroatoms. The van der Waals surface area contributed by atoms with Crippen molar-refractivity contribution in [3.05, 3.63) is 41.5 Å². The van der Waals surface area contributed by atoms with Gasteiger partial charge in [-0.1, -0.05) is 42.0 Å². The summed E-state index contributed by atoms with van der Waals surface area (Å²) in [6.07, 6.45) is 9.48. The van der Waals surface area contributed by atoms with E-state index < -0.39 is 0 Å². The first-order valence-corrected chi connectivity index (χ1v) is 11.9. The van der Waals surface area contributed by atoms with Crippen molar-refractivity contribution < 1.29 is 4.74 Å². The van der Waals surface area contributed by atoms with Gasteiger partial charge in [0.05, 0.1) is 6.54 Å². The van der Waals surface area contributed by atoms with Crippen molar-refractivity contribution >= 4 is 36.0 Å². The zero-order chi connectivity index (χ0) is 20.7. The Morgan fingerprint density at radius 1 is 1.06 bits per heavy atom. The largest absolute Gasteiger partial charge is 0.381 e. The second kappa shape index (κ2) is 12.2. The van der Waals surface area contributed by atoms with Crippen molar-refractivity contribution in [2.45, 2.75) is 51.0 Å². The predicted molar refractivity (Wildman–Crippen MR) is 140 cm³/mol. The van der Waals surface area contributed by atoms with Crippen molar-refractivity contribution in [3.63, 3.8) is 0 Å². The summed E-state index contributed by atoms with van der Waals surface area (Å²) in [5.74, 6) is 1.10. The molecule has 3 saturated heterocycles. The van der Waals surface area contributed by atoms with E-state index in [-0.39, 0.29) is 29.5 Å². The van der Waals surface area contributed by atoms with Gasteiger partial charge in [0, 0.05) is 38.4 Å². The molecule has 4 rings (SSSR count). The monoisotopic (exact) mass is 538 g/mol. The summed E-state index contributed by atoms with van der Waals surface area (Å²) in [6, 6.07) is 10.7. The summed E-state index contributed by atoms with van der Waals surface area (Å²) >= 11 is 0. The van der Waals surface area contributed by atoms with Crippen LogP contribution in [-0.4, -0.2) is 73.8 Å². The van der Waals surface area contributed by atoms with E-state index >= 15 is 0 Å². The van der Waals surface area contributed by atoms with Crippen LogP contribution in [0.3, 0.4) is 0 Å². The fourth-order valence-corrected chi connectivity index (χ4v) is 5.10. The molecule has 0 aliphatic carbocycles. The molecular weight excluding hydrogens is 499 g/mol. The summed E-state index contributed by atoms with van der Waals surface area (Å²) < 4.78 is 5.71. The lowest BCUT2D eigenvalue weighted by Crippen LogP contribution is -2.54. The minimum absolute atomic E-state index is 0. The summed E-state index contributed by atoms with van der Waals surface area (Å²) in [7, 11) is 0. The average Bonchev–Trinajstić information content (AvgIpc) is 3.34. The van der Waals surface area contributed by atoms with Gasteiger partial charge in [0.15, 0.2) is 5.96 Å². The molecule has 0 unspecified atom stereocenters. The number of nitrogens with one attached hydrogen (secondary N) is 1. The molecule has 172 valence electrons. The topological polar surface area (TPSA) is 40.1 Å². The fourth-order valence-electron chi connectivity index (χ4n) is 5.10. The number of ether oxygens (including phenoxy) is 1. The van der Waals surface area contributed by atoms with Gasteiger partial charge < -0.3 is 15.0 Å². The molecule has 3 heterocycles. The number of benzene rings is 1. The minimum atomic E-state index is 0. The molecule has 0 atom stereocenters. The molecule has 3 aliphatic rings. The van der Waals surface area contributed by atoms with Crippen LogP contribution in [0.15, 0.2) is 40.9 Å². The van der Waals surface area contributed by atoms with Gasteiger partial charge in [-0.25, -0.2) is 0 Å². The quantitative estimate of drug-likeness (QED) is 0.343. The summed E-state index contributed by atoms with van der Waals surface area (Å²) in [5.41, 5.74) is 3.06. The molecule has 31 heavy (non-hydrogen) atoms. The number of halogens is 1. The Kier molecular flexibility index (Phi) is 9.66. The van der Waals surface area contributed by atoms with Gasteiger partial charge in [-0.3, -0.25) is 9.89 Å². The Morgan fingerprint density at radius 2 is 1.74 bits per heavy atom. The van der Waals surface area contributed by atoms with Crippen LogP contribution in [0.1, 0.15) is 51.0 Å². The second-order valence-electron chi connectivity index (χ2n) is 8.90. The zero-order valence-corrected chi connectivity index (χ0v) is 21.4. The third-order valence-corrected chi connectivity index (χ3v) is 6.93. The standard InChI is InChI=1S/C25H38N4O.HI/c1-2-26-24(27-21-25(12-18-30-19-13-25)29-14-6-7-15-29)28-16-10-23(11-17-28)20-22-8-4-3-5-9-22;/h3-5,8-9,20H,2,6-7,10-19,21H2,1H3,(H,26,27);1H. The Morgan fingerprint density at radius 3 is 2.39 bits per heavy atom. The van der Waals surface area contributed by atoms with Crippen molar-refractivity contribution in [1.82, 2.24) is 15.1 Å². The minimum Gasteiger partial charge on any atom is -0.381 e. The molecule has 0 spiro atoms. The smallest absolute Gasteiger partial charge is 0.194 e. The van der Waals surface area contributed by atoms with Crippen LogP contribution in [0, 0.1) is 0 Å². The number of rotatable bonds is 5. The van der Waals surface area contributed by atoms with Crippen molar-refractivity contribution in [2.24, 2.45) is 4.99 Å². The maximum absolute atomic E-state index is 5.71. The highest BCUT2D eigenvalue weighted by Crippen LogP contribution is 2.32. The predicted octanol–water partition coefficient (Wildman–Crippen LogP) is 4.39. The molecule has 0 amide bonds. The molecule has 0 saturated carbocycles. The lowest BCUT2D eigenvalue weighted by molar-refractivity contribution is -0.0140. The van der Waals surface area contributed by atoms with Crippen LogP contribution in [0.25, 0.3) is 6.08 Å². The highest BCUT2D eigenvalue weighted by Gasteiger charge is 2.39. The summed E-state index contributed by atoms with van der Waals surface area (Å²) in [4.78, 5) is 10.4. The van der Waals surface area contributed by atoms with E-state index in [0.29, 0.717) is 0 Å². The molecule has 1 aromatic carbocycles. The highest BCUT2D eigenvalue weighted by molar-refractivity contribution is 14.0. The summed E-state index contributed by atoms with van der Waals surface area (Å²) in [6.45, 7) is 10.3. The number of hydrogen-bond acceptors (Lipinski definition) is 3. The van der Waals surface area contributed by atoms with Crippen LogP contribution in [0.4, 0.5) is 0 Å². The van der Waals surface area contributed by atoms with Crippen LogP contribution >= 0.6 is 24.0 Å². The van der Waals surface area contributed by atoms with E-state index in [9.17, 15) is 0 Å². The maximum Gasteiger partial charge on any atom is 0.194 e. The number of likely N-dealkylation sites (tertiary alicyclic amines) is 2. The van der Waals surface area contributed by atoms with Gasteiger partial charge in [-0.2, -0.15) is 0 Å². The molecule has 1 aromatic rings. The van der Waals surface area contributed by atoms with E-state index in [0.717, 1.165) is 71.0 Å². The van der Waals surface area contributed by atoms with E-state index in [1.54, 1.807) is 5.57 Å². The number of hydrogen-bond donors (Lipinski definition) is 1. The Labute approximate surface area is 205 Å². The van der Waals surface area contributed by atoms with Crippen LogP contribution in [0.5, 0.6) is 0 Å². The Bertz CT molecular complexity index is 714. The molecule has 0 radical (unpaired) electrons. The first-order chi connectivity index (χ1) is 14.8. The van der Waals surface area contributed by atoms with Crippen LogP contribution < -0.4 is 5.32 Å². The molecule has 0 bridgehead atoms. The first kappa shape index (κ1) is 24.5. The zero-order valence-electron chi connectivity index (χ0n) is 19.0. The molecule has 5 nitrogen and oxygen atoms in total. The average molecular weight is 539 g/mol. The van der Waals surface area contributed by atoms with Crippen molar-refractivity contribution in [1.29, 1.82) is 0 Å². The van der Waals surface area contributed by atoms with E-state index in [4.69, 9.17) is 9.73 Å². The van der Waals surface area contributed by atoms with Crippen molar-refractivity contribution in [3.8, 4) is 0 Å². The second-order valence-corrected chi connectivity index (χ2v) is 8.90. The van der Waals surface area contributed by atoms with Gasteiger partial charge in [0.1, 0.15) is 0 Å². The third kappa shape index (κ3) is 6.45. The van der Waals surface area contributed by atoms with E-state index in [1.165, 1.54) is 31.5 Å². The Hall–Kier alpha value is -1.12. The third-order valence-electron chi connectivity index (χ3n) is 6.93. The molecule has 3 fully saturated rings. The summed E-state index contributed by atoms with van der Waals surface area (Å²) in [5, 5.41) is 3.57. The molecule has 3 aliphatic heterocycles. The van der Waals surface area contributed by atoms with Crippen LogP contribution in [0.2, 0.25) is 0 Å².